The van der Waals surface area contributed by atoms with Gasteiger partial charge in [-0.1, -0.05) is 20.3 Å². The van der Waals surface area contributed by atoms with Crippen molar-refractivity contribution in [3.05, 3.63) is 23.8 Å². The molecule has 0 aliphatic heterocycles. The van der Waals surface area contributed by atoms with Crippen LogP contribution in [0.5, 0.6) is 11.5 Å². The van der Waals surface area contributed by atoms with E-state index in [9.17, 15) is 0 Å². The molecule has 0 saturated heterocycles. The van der Waals surface area contributed by atoms with Crippen molar-refractivity contribution < 1.29 is 9.47 Å². The molecule has 3 heteroatoms. The molecular formula is C18H29NO2. The van der Waals surface area contributed by atoms with Crippen LogP contribution >= 0.6 is 0 Å². The van der Waals surface area contributed by atoms with E-state index in [4.69, 9.17) is 9.47 Å². The van der Waals surface area contributed by atoms with Crippen LogP contribution in [0, 0.1) is 11.8 Å². The quantitative estimate of drug-likeness (QED) is 0.864. The van der Waals surface area contributed by atoms with Crippen molar-refractivity contribution in [3.8, 4) is 11.5 Å². The fraction of sp³-hybridized carbons (Fsp3) is 0.667. The van der Waals surface area contributed by atoms with Gasteiger partial charge in [0.2, 0.25) is 0 Å². The summed E-state index contributed by atoms with van der Waals surface area (Å²) in [5, 5.41) is 3.53. The molecule has 21 heavy (non-hydrogen) atoms. The lowest BCUT2D eigenvalue weighted by molar-refractivity contribution is 0.242. The molecule has 1 aliphatic carbocycles. The van der Waals surface area contributed by atoms with E-state index in [2.05, 4.69) is 31.3 Å². The highest BCUT2D eigenvalue weighted by atomic mass is 16.5. The monoisotopic (exact) mass is 291 g/mol. The minimum atomic E-state index is 0.594. The third kappa shape index (κ3) is 4.13. The van der Waals surface area contributed by atoms with Crippen molar-refractivity contribution >= 4 is 0 Å². The van der Waals surface area contributed by atoms with Gasteiger partial charge >= 0.3 is 0 Å². The molecule has 1 fully saturated rings. The smallest absolute Gasteiger partial charge is 0.122 e. The molecule has 3 unspecified atom stereocenters. The Hall–Kier alpha value is -1.22. The number of methoxy groups -OCH3 is 2. The van der Waals surface area contributed by atoms with Crippen LogP contribution in [-0.4, -0.2) is 27.3 Å². The fourth-order valence-electron chi connectivity index (χ4n) is 3.47. The average Bonchev–Trinajstić information content (AvgIpc) is 2.53. The highest BCUT2D eigenvalue weighted by Crippen LogP contribution is 2.42. The molecule has 118 valence electrons. The van der Waals surface area contributed by atoms with Crippen molar-refractivity contribution in [2.75, 3.05) is 27.3 Å². The van der Waals surface area contributed by atoms with E-state index < -0.39 is 0 Å². The van der Waals surface area contributed by atoms with Gasteiger partial charge in [0, 0.05) is 6.07 Å². The zero-order valence-electron chi connectivity index (χ0n) is 13.8. The normalized spacial score (nSPS) is 25.6. The van der Waals surface area contributed by atoms with E-state index in [-0.39, 0.29) is 0 Å². The summed E-state index contributed by atoms with van der Waals surface area (Å²) in [7, 11) is 3.44. The van der Waals surface area contributed by atoms with Gasteiger partial charge in [-0.25, -0.2) is 0 Å². The van der Waals surface area contributed by atoms with Gasteiger partial charge in [0.15, 0.2) is 0 Å². The molecule has 1 N–H and O–H groups in total. The van der Waals surface area contributed by atoms with Crippen molar-refractivity contribution in [2.45, 2.75) is 39.0 Å². The first kappa shape index (κ1) is 16.2. The van der Waals surface area contributed by atoms with Gasteiger partial charge in [-0.3, -0.25) is 0 Å². The summed E-state index contributed by atoms with van der Waals surface area (Å²) in [4.78, 5) is 0. The van der Waals surface area contributed by atoms with E-state index >= 15 is 0 Å². The second-order valence-electron chi connectivity index (χ2n) is 6.24. The molecule has 2 rings (SSSR count). The fourth-order valence-corrected chi connectivity index (χ4v) is 3.47. The lowest BCUT2D eigenvalue weighted by Gasteiger charge is -2.35. The lowest BCUT2D eigenvalue weighted by Crippen LogP contribution is -2.31. The van der Waals surface area contributed by atoms with E-state index in [1.165, 1.54) is 24.8 Å². The van der Waals surface area contributed by atoms with Crippen LogP contribution in [0.15, 0.2) is 18.2 Å². The number of nitrogens with one attached hydrogen (secondary N) is 1. The first-order chi connectivity index (χ1) is 10.2. The first-order valence-electron chi connectivity index (χ1n) is 8.11. The third-order valence-corrected chi connectivity index (χ3v) is 4.71. The standard InChI is InChI=1S/C18H29NO2/c1-5-19-12-14-7-6-13(2)8-18(14)15-9-16(20-3)11-17(10-15)21-4/h9-11,13-14,18-19H,5-8,12H2,1-4H3. The lowest BCUT2D eigenvalue weighted by atomic mass is 9.71. The third-order valence-electron chi connectivity index (χ3n) is 4.71. The predicted molar refractivity (Wildman–Crippen MR) is 87.3 cm³/mol. The average molecular weight is 291 g/mol. The summed E-state index contributed by atoms with van der Waals surface area (Å²) in [6.45, 7) is 6.69. The Bertz CT molecular complexity index is 423. The second kappa shape index (κ2) is 7.69. The van der Waals surface area contributed by atoms with Gasteiger partial charge in [0.25, 0.3) is 0 Å². The van der Waals surface area contributed by atoms with E-state index in [0.717, 1.165) is 30.5 Å². The van der Waals surface area contributed by atoms with E-state index in [0.29, 0.717) is 11.8 Å². The maximum absolute atomic E-state index is 5.44. The molecular weight excluding hydrogens is 262 g/mol. The van der Waals surface area contributed by atoms with Gasteiger partial charge in [-0.15, -0.1) is 0 Å². The molecule has 1 aromatic carbocycles. The summed E-state index contributed by atoms with van der Waals surface area (Å²) >= 11 is 0. The SMILES string of the molecule is CCNCC1CCC(C)CC1c1cc(OC)cc(OC)c1. The predicted octanol–water partition coefficient (Wildman–Crippen LogP) is 3.83. The molecule has 1 aliphatic rings. The van der Waals surface area contributed by atoms with E-state index in [1.807, 2.05) is 6.07 Å². The van der Waals surface area contributed by atoms with Crippen molar-refractivity contribution in [1.29, 1.82) is 0 Å². The minimum Gasteiger partial charge on any atom is -0.497 e. The number of ether oxygens (including phenoxy) is 2. The first-order valence-corrected chi connectivity index (χ1v) is 8.11. The molecule has 3 atom stereocenters. The molecule has 0 heterocycles. The van der Waals surface area contributed by atoms with Crippen molar-refractivity contribution in [1.82, 2.24) is 5.32 Å². The van der Waals surface area contributed by atoms with Crippen LogP contribution in [0.4, 0.5) is 0 Å². The van der Waals surface area contributed by atoms with Crippen LogP contribution in [0.25, 0.3) is 0 Å². The number of hydrogen-bond acceptors (Lipinski definition) is 3. The summed E-state index contributed by atoms with van der Waals surface area (Å²) in [5.41, 5.74) is 1.36. The maximum atomic E-state index is 5.44. The topological polar surface area (TPSA) is 30.5 Å². The van der Waals surface area contributed by atoms with Crippen molar-refractivity contribution in [3.63, 3.8) is 0 Å². The molecule has 0 spiro atoms. The number of benzene rings is 1. The summed E-state index contributed by atoms with van der Waals surface area (Å²) in [5.74, 6) is 3.88. The Balaban J connectivity index is 2.25. The molecule has 3 nitrogen and oxygen atoms in total. The Morgan fingerprint density at radius 1 is 1.10 bits per heavy atom. The largest absolute Gasteiger partial charge is 0.497 e. The van der Waals surface area contributed by atoms with Crippen LogP contribution in [0.3, 0.4) is 0 Å². The summed E-state index contributed by atoms with van der Waals surface area (Å²) in [6.07, 6.45) is 3.90. The van der Waals surface area contributed by atoms with Gasteiger partial charge in [-0.2, -0.15) is 0 Å². The molecule has 0 radical (unpaired) electrons. The van der Waals surface area contributed by atoms with Crippen molar-refractivity contribution in [2.24, 2.45) is 11.8 Å². The zero-order valence-corrected chi connectivity index (χ0v) is 13.8. The van der Waals surface area contributed by atoms with Gasteiger partial charge in [-0.05, 0) is 61.4 Å². The highest BCUT2D eigenvalue weighted by Gasteiger charge is 2.30. The summed E-state index contributed by atoms with van der Waals surface area (Å²) < 4.78 is 10.9. The molecule has 0 aromatic heterocycles. The second-order valence-corrected chi connectivity index (χ2v) is 6.24. The Morgan fingerprint density at radius 3 is 2.33 bits per heavy atom. The van der Waals surface area contributed by atoms with Gasteiger partial charge in [0.1, 0.15) is 11.5 Å². The summed E-state index contributed by atoms with van der Waals surface area (Å²) in [6, 6.07) is 6.32. The van der Waals surface area contributed by atoms with Crippen LogP contribution in [-0.2, 0) is 0 Å². The van der Waals surface area contributed by atoms with Crippen LogP contribution in [0.2, 0.25) is 0 Å². The number of hydrogen-bond donors (Lipinski definition) is 1. The van der Waals surface area contributed by atoms with Gasteiger partial charge < -0.3 is 14.8 Å². The highest BCUT2D eigenvalue weighted by molar-refractivity contribution is 5.40. The Morgan fingerprint density at radius 2 is 1.76 bits per heavy atom. The Kier molecular flexibility index (Phi) is 5.92. The van der Waals surface area contributed by atoms with E-state index in [1.54, 1.807) is 14.2 Å². The molecule has 0 amide bonds. The van der Waals surface area contributed by atoms with Gasteiger partial charge in [0.05, 0.1) is 14.2 Å². The van der Waals surface area contributed by atoms with Crippen LogP contribution in [0.1, 0.15) is 44.6 Å². The zero-order chi connectivity index (χ0) is 15.2. The molecule has 1 saturated carbocycles. The minimum absolute atomic E-state index is 0.594. The maximum Gasteiger partial charge on any atom is 0.122 e. The van der Waals surface area contributed by atoms with Crippen LogP contribution < -0.4 is 14.8 Å². The number of rotatable bonds is 6. The molecule has 0 bridgehead atoms. The Labute approximate surface area is 129 Å². The molecule has 1 aromatic rings.